The van der Waals surface area contributed by atoms with Crippen LogP contribution < -0.4 is 4.90 Å². The smallest absolute Gasteiger partial charge is 0.440 e. The summed E-state index contributed by atoms with van der Waals surface area (Å²) in [6.45, 7) is 1.69. The van der Waals surface area contributed by atoms with Crippen LogP contribution in [0.3, 0.4) is 0 Å². The van der Waals surface area contributed by atoms with E-state index in [-0.39, 0.29) is 5.69 Å². The van der Waals surface area contributed by atoms with Gasteiger partial charge >= 0.3 is 12.1 Å². The van der Waals surface area contributed by atoms with E-state index in [2.05, 4.69) is 4.98 Å². The van der Waals surface area contributed by atoms with E-state index >= 15 is 0 Å². The van der Waals surface area contributed by atoms with E-state index in [0.29, 0.717) is 38.9 Å². The molecule has 0 N–H and O–H groups in total. The van der Waals surface area contributed by atoms with E-state index in [9.17, 15) is 18.0 Å². The molecule has 0 bridgehead atoms. The number of aryl methyl sites for hydroxylation is 1. The summed E-state index contributed by atoms with van der Waals surface area (Å²) in [5.41, 5.74) is 2.50. The zero-order chi connectivity index (χ0) is 19.1. The van der Waals surface area contributed by atoms with Crippen LogP contribution in [0.1, 0.15) is 17.0 Å². The van der Waals surface area contributed by atoms with Crippen molar-refractivity contribution in [1.29, 1.82) is 0 Å². The fraction of sp³-hybridized carbons (Fsp3) is 0.222. The van der Waals surface area contributed by atoms with Gasteiger partial charge in [0.1, 0.15) is 5.52 Å². The molecule has 1 aromatic heterocycles. The molecule has 0 atom stereocenters. The maximum Gasteiger partial charge on any atom is 0.471 e. The molecule has 0 aliphatic carbocycles. The zero-order valence-corrected chi connectivity index (χ0v) is 14.6. The average molecular weight is 383 g/mol. The third kappa shape index (κ3) is 3.67. The van der Waals surface area contributed by atoms with Crippen LogP contribution in [0.25, 0.3) is 11.1 Å². The lowest BCUT2D eigenvalue weighted by molar-refractivity contribution is -0.170. The second-order valence-corrected chi connectivity index (χ2v) is 6.32. The number of anilines is 1. The van der Waals surface area contributed by atoms with Gasteiger partial charge < -0.3 is 9.32 Å². The fourth-order valence-corrected chi connectivity index (χ4v) is 2.71. The topological polar surface area (TPSA) is 46.3 Å². The third-order valence-corrected chi connectivity index (χ3v) is 4.16. The summed E-state index contributed by atoms with van der Waals surface area (Å²) in [7, 11) is 1.07. The molecule has 3 rings (SSSR count). The van der Waals surface area contributed by atoms with Gasteiger partial charge in [-0.1, -0.05) is 23.7 Å². The van der Waals surface area contributed by atoms with E-state index in [0.717, 1.165) is 12.6 Å². The van der Waals surface area contributed by atoms with E-state index < -0.39 is 12.1 Å². The molecular weight excluding hydrogens is 369 g/mol. The Bertz CT molecular complexity index is 965. The molecule has 1 amide bonds. The van der Waals surface area contributed by atoms with Crippen LogP contribution in [0.4, 0.5) is 18.9 Å². The van der Waals surface area contributed by atoms with Crippen LogP contribution in [0.2, 0.25) is 5.02 Å². The number of hydrogen-bond acceptors (Lipinski definition) is 3. The normalized spacial score (nSPS) is 11.8. The first-order valence-electron chi connectivity index (χ1n) is 7.64. The summed E-state index contributed by atoms with van der Waals surface area (Å²) in [4.78, 5) is 16.3. The molecule has 0 unspecified atom stereocenters. The molecule has 4 nitrogen and oxygen atoms in total. The number of nitrogens with zero attached hydrogens (tertiary/aromatic N) is 2. The molecule has 0 radical (unpaired) electrons. The lowest BCUT2D eigenvalue weighted by atomic mass is 10.1. The van der Waals surface area contributed by atoms with Gasteiger partial charge in [0.05, 0.1) is 0 Å². The molecule has 8 heteroatoms. The largest absolute Gasteiger partial charge is 0.471 e. The first kappa shape index (κ1) is 18.3. The average Bonchev–Trinajstić information content (AvgIpc) is 2.98. The summed E-state index contributed by atoms with van der Waals surface area (Å²) >= 11 is 5.85. The Labute approximate surface area is 152 Å². The molecule has 26 heavy (non-hydrogen) atoms. The van der Waals surface area contributed by atoms with Gasteiger partial charge in [0.25, 0.3) is 0 Å². The number of aromatic nitrogens is 1. The highest BCUT2D eigenvalue weighted by Crippen LogP contribution is 2.29. The molecule has 0 saturated heterocycles. The summed E-state index contributed by atoms with van der Waals surface area (Å²) < 4.78 is 43.6. The van der Waals surface area contributed by atoms with Crippen LogP contribution in [0.15, 0.2) is 40.8 Å². The SMILES string of the molecule is Cc1cc(N(C)C(=O)C(F)(F)F)cc2nc(Cc3ccc(Cl)cc3)oc12. The molecule has 3 aromatic rings. The van der Waals surface area contributed by atoms with Crippen molar-refractivity contribution in [2.75, 3.05) is 11.9 Å². The standard InChI is InChI=1S/C18H14ClF3N2O2/c1-10-7-13(24(2)17(25)18(20,21)22)9-14-16(10)26-15(23-14)8-11-3-5-12(19)6-4-11/h3-7,9H,8H2,1-2H3. The van der Waals surface area contributed by atoms with Crippen molar-refractivity contribution in [3.8, 4) is 0 Å². The van der Waals surface area contributed by atoms with Crippen molar-refractivity contribution in [3.63, 3.8) is 0 Å². The maximum absolute atomic E-state index is 12.6. The molecule has 0 fully saturated rings. The number of carbonyl (C=O) groups excluding carboxylic acids is 1. The molecule has 0 aliphatic rings. The minimum Gasteiger partial charge on any atom is -0.440 e. The van der Waals surface area contributed by atoms with Gasteiger partial charge in [-0.05, 0) is 42.3 Å². The van der Waals surface area contributed by atoms with Gasteiger partial charge in [-0.25, -0.2) is 4.98 Å². The van der Waals surface area contributed by atoms with Crippen LogP contribution in [0.5, 0.6) is 0 Å². The van der Waals surface area contributed by atoms with Crippen molar-refractivity contribution in [1.82, 2.24) is 4.98 Å². The molecule has 136 valence electrons. The van der Waals surface area contributed by atoms with Crippen molar-refractivity contribution in [3.05, 3.63) is 58.4 Å². The predicted molar refractivity (Wildman–Crippen MR) is 92.5 cm³/mol. The zero-order valence-electron chi connectivity index (χ0n) is 13.9. The molecule has 2 aromatic carbocycles. The fourth-order valence-electron chi connectivity index (χ4n) is 2.58. The monoisotopic (exact) mass is 382 g/mol. The Morgan fingerprint density at radius 2 is 1.88 bits per heavy atom. The summed E-state index contributed by atoms with van der Waals surface area (Å²) in [5, 5.41) is 0.615. The van der Waals surface area contributed by atoms with Gasteiger partial charge in [-0.2, -0.15) is 13.2 Å². The van der Waals surface area contributed by atoms with Crippen molar-refractivity contribution in [2.45, 2.75) is 19.5 Å². The number of halogens is 4. The van der Waals surface area contributed by atoms with Crippen LogP contribution in [-0.2, 0) is 11.2 Å². The molecular formula is C18H14ClF3N2O2. The number of benzene rings is 2. The van der Waals surface area contributed by atoms with Crippen LogP contribution in [0, 0.1) is 6.92 Å². The quantitative estimate of drug-likeness (QED) is 0.647. The Kier molecular flexibility index (Phi) is 4.66. The predicted octanol–water partition coefficient (Wildman–Crippen LogP) is 4.91. The van der Waals surface area contributed by atoms with Gasteiger partial charge in [-0.15, -0.1) is 0 Å². The molecule has 0 spiro atoms. The number of rotatable bonds is 3. The van der Waals surface area contributed by atoms with E-state index in [1.807, 2.05) is 12.1 Å². The Hall–Kier alpha value is -2.54. The number of hydrogen-bond donors (Lipinski definition) is 0. The lowest BCUT2D eigenvalue weighted by Gasteiger charge is -2.19. The first-order valence-corrected chi connectivity index (χ1v) is 8.02. The highest BCUT2D eigenvalue weighted by molar-refractivity contribution is 6.30. The second kappa shape index (κ2) is 6.64. The maximum atomic E-state index is 12.6. The van der Waals surface area contributed by atoms with Crippen LogP contribution >= 0.6 is 11.6 Å². The second-order valence-electron chi connectivity index (χ2n) is 5.88. The number of fused-ring (bicyclic) bond motifs is 1. The van der Waals surface area contributed by atoms with Crippen molar-refractivity contribution in [2.24, 2.45) is 0 Å². The highest BCUT2D eigenvalue weighted by atomic mass is 35.5. The molecule has 1 heterocycles. The molecule has 0 saturated carbocycles. The summed E-state index contributed by atoms with van der Waals surface area (Å²) in [6.07, 6.45) is -4.53. The van der Waals surface area contributed by atoms with Gasteiger partial charge in [0.2, 0.25) is 0 Å². The first-order chi connectivity index (χ1) is 12.1. The van der Waals surface area contributed by atoms with Crippen molar-refractivity contribution >= 4 is 34.3 Å². The summed E-state index contributed by atoms with van der Waals surface area (Å²) in [6, 6.07) is 10.0. The minimum absolute atomic E-state index is 0.101. The van der Waals surface area contributed by atoms with Crippen LogP contribution in [-0.4, -0.2) is 24.1 Å². The van der Waals surface area contributed by atoms with Gasteiger partial charge in [-0.3, -0.25) is 4.79 Å². The highest BCUT2D eigenvalue weighted by Gasteiger charge is 2.41. The lowest BCUT2D eigenvalue weighted by Crippen LogP contribution is -2.38. The summed E-state index contributed by atoms with van der Waals surface area (Å²) in [5.74, 6) is -1.52. The Balaban J connectivity index is 1.93. The Morgan fingerprint density at radius 1 is 1.23 bits per heavy atom. The van der Waals surface area contributed by atoms with Gasteiger partial charge in [0.15, 0.2) is 11.5 Å². The third-order valence-electron chi connectivity index (χ3n) is 3.91. The number of alkyl halides is 3. The van der Waals surface area contributed by atoms with E-state index in [1.54, 1.807) is 19.1 Å². The molecule has 0 aliphatic heterocycles. The van der Waals surface area contributed by atoms with E-state index in [4.69, 9.17) is 16.0 Å². The number of oxazole rings is 1. The van der Waals surface area contributed by atoms with E-state index in [1.165, 1.54) is 12.1 Å². The number of carbonyl (C=O) groups is 1. The van der Waals surface area contributed by atoms with Crippen molar-refractivity contribution < 1.29 is 22.4 Å². The Morgan fingerprint density at radius 3 is 2.50 bits per heavy atom. The minimum atomic E-state index is -4.94. The van der Waals surface area contributed by atoms with Gasteiger partial charge in [0, 0.05) is 24.2 Å². The number of amides is 1.